The first-order valence-corrected chi connectivity index (χ1v) is 12.3. The Morgan fingerprint density at radius 2 is 1.42 bits per heavy atom. The first-order chi connectivity index (χ1) is 18.5. The minimum atomic E-state index is -0.272. The lowest BCUT2D eigenvalue weighted by atomic mass is 9.93. The minimum Gasteiger partial charge on any atom is -0.416 e. The summed E-state index contributed by atoms with van der Waals surface area (Å²) >= 11 is 0. The van der Waals surface area contributed by atoms with Gasteiger partial charge in [-0.05, 0) is 54.6 Å². The molecule has 0 fully saturated rings. The second-order valence-electron chi connectivity index (χ2n) is 9.30. The lowest BCUT2D eigenvalue weighted by molar-refractivity contribution is 0.0617. The molecule has 0 aliphatic carbocycles. The van der Waals surface area contributed by atoms with Gasteiger partial charge in [-0.25, -0.2) is 0 Å². The lowest BCUT2D eigenvalue weighted by Crippen LogP contribution is -2.42. The van der Waals surface area contributed by atoms with Crippen molar-refractivity contribution < 1.29 is 14.0 Å². The van der Waals surface area contributed by atoms with E-state index in [2.05, 4.69) is 15.5 Å². The molecule has 1 aliphatic rings. The van der Waals surface area contributed by atoms with Crippen LogP contribution in [-0.2, 0) is 0 Å². The zero-order valence-corrected chi connectivity index (χ0v) is 21.0. The van der Waals surface area contributed by atoms with Gasteiger partial charge in [-0.3, -0.25) is 14.5 Å². The van der Waals surface area contributed by atoms with E-state index in [-0.39, 0.29) is 18.4 Å². The Kier molecular flexibility index (Phi) is 5.84. The third-order valence-corrected chi connectivity index (χ3v) is 6.69. The number of carbonyl (C=O) groups is 2. The second kappa shape index (κ2) is 9.48. The molecule has 0 saturated heterocycles. The quantitative estimate of drug-likeness (QED) is 0.300. The van der Waals surface area contributed by atoms with E-state index in [1.165, 1.54) is 4.90 Å². The number of hydrogen-bond acceptors (Lipinski definition) is 7. The van der Waals surface area contributed by atoms with Gasteiger partial charge in [-0.1, -0.05) is 30.3 Å². The highest BCUT2D eigenvalue weighted by Crippen LogP contribution is 2.35. The first-order valence-electron chi connectivity index (χ1n) is 12.3. The first kappa shape index (κ1) is 23.4. The maximum Gasteiger partial charge on any atom is 0.261 e. The largest absolute Gasteiger partial charge is 0.416 e. The Balaban J connectivity index is 1.14. The molecule has 2 amide bonds. The number of amides is 2. The van der Waals surface area contributed by atoms with Gasteiger partial charge in [-0.2, -0.15) is 0 Å². The van der Waals surface area contributed by atoms with Crippen LogP contribution in [0.15, 0.2) is 89.3 Å². The van der Waals surface area contributed by atoms with Crippen LogP contribution in [0.2, 0.25) is 0 Å². The molecule has 1 N–H and O–H groups in total. The zero-order valence-electron chi connectivity index (χ0n) is 21.0. The number of carbonyl (C=O) groups excluding carboxylic acids is 2. The molecule has 1 aromatic heterocycles. The molecule has 0 unspecified atom stereocenters. The van der Waals surface area contributed by atoms with Crippen LogP contribution in [0.3, 0.4) is 0 Å². The number of benzene rings is 4. The van der Waals surface area contributed by atoms with E-state index >= 15 is 0 Å². The number of imide groups is 1. The van der Waals surface area contributed by atoms with E-state index < -0.39 is 0 Å². The fourth-order valence-corrected chi connectivity index (χ4v) is 4.80. The van der Waals surface area contributed by atoms with Gasteiger partial charge in [-0.15, -0.1) is 10.2 Å². The molecule has 1 aliphatic heterocycles. The van der Waals surface area contributed by atoms with Crippen molar-refractivity contribution in [1.29, 1.82) is 0 Å². The van der Waals surface area contributed by atoms with E-state index in [9.17, 15) is 9.59 Å². The van der Waals surface area contributed by atoms with Gasteiger partial charge >= 0.3 is 0 Å². The molecule has 2 heterocycles. The monoisotopic (exact) mass is 503 g/mol. The average molecular weight is 504 g/mol. The van der Waals surface area contributed by atoms with E-state index in [1.807, 2.05) is 97.9 Å². The van der Waals surface area contributed by atoms with Crippen LogP contribution in [0.5, 0.6) is 0 Å². The van der Waals surface area contributed by atoms with Crippen LogP contribution >= 0.6 is 0 Å². The van der Waals surface area contributed by atoms with Crippen molar-refractivity contribution in [2.75, 3.05) is 37.4 Å². The number of hydrogen-bond donors (Lipinski definition) is 1. The predicted octanol–water partition coefficient (Wildman–Crippen LogP) is 5.33. The summed E-state index contributed by atoms with van der Waals surface area (Å²) in [6.07, 6.45) is 0. The number of aromatic nitrogens is 2. The Labute approximate surface area is 219 Å². The fourth-order valence-electron chi connectivity index (χ4n) is 4.80. The van der Waals surface area contributed by atoms with Crippen LogP contribution in [0.25, 0.3) is 33.7 Å². The Morgan fingerprint density at radius 1 is 0.763 bits per heavy atom. The van der Waals surface area contributed by atoms with Gasteiger partial charge in [0.15, 0.2) is 0 Å². The SMILES string of the molecule is CN(C)c1ccc2c3c(cccc13)C(=O)N(CCNc1ccc(-c3nnc(-c4ccccc4)o3)cc1)C2=O. The van der Waals surface area contributed by atoms with Crippen molar-refractivity contribution in [3.8, 4) is 22.9 Å². The number of anilines is 2. The van der Waals surface area contributed by atoms with Crippen molar-refractivity contribution in [3.05, 3.63) is 96.1 Å². The molecule has 6 rings (SSSR count). The lowest BCUT2D eigenvalue weighted by Gasteiger charge is -2.28. The highest BCUT2D eigenvalue weighted by Gasteiger charge is 2.33. The molecule has 0 spiro atoms. The van der Waals surface area contributed by atoms with Crippen molar-refractivity contribution in [2.24, 2.45) is 0 Å². The number of rotatable bonds is 7. The van der Waals surface area contributed by atoms with E-state index in [1.54, 1.807) is 6.07 Å². The number of nitrogens with one attached hydrogen (secondary N) is 1. The summed E-state index contributed by atoms with van der Waals surface area (Å²) in [5.74, 6) is 0.359. The van der Waals surface area contributed by atoms with Crippen LogP contribution in [0.4, 0.5) is 11.4 Å². The van der Waals surface area contributed by atoms with Crippen molar-refractivity contribution in [1.82, 2.24) is 15.1 Å². The molecular weight excluding hydrogens is 478 g/mol. The molecule has 188 valence electrons. The molecular formula is C30H25N5O3. The highest BCUT2D eigenvalue weighted by atomic mass is 16.4. The summed E-state index contributed by atoms with van der Waals surface area (Å²) in [5.41, 5.74) is 4.60. The average Bonchev–Trinajstić information content (AvgIpc) is 3.44. The van der Waals surface area contributed by atoms with Gasteiger partial charge in [0.1, 0.15) is 0 Å². The van der Waals surface area contributed by atoms with Gasteiger partial charge < -0.3 is 14.6 Å². The van der Waals surface area contributed by atoms with Crippen molar-refractivity contribution >= 4 is 34.0 Å². The maximum absolute atomic E-state index is 13.3. The molecule has 38 heavy (non-hydrogen) atoms. The maximum atomic E-state index is 13.3. The summed E-state index contributed by atoms with van der Waals surface area (Å²) < 4.78 is 5.83. The zero-order chi connectivity index (χ0) is 26.2. The summed E-state index contributed by atoms with van der Waals surface area (Å²) in [5, 5.41) is 13.2. The number of nitrogens with zero attached hydrogens (tertiary/aromatic N) is 4. The summed E-state index contributed by atoms with van der Waals surface area (Å²) in [7, 11) is 3.90. The third-order valence-electron chi connectivity index (χ3n) is 6.69. The second-order valence-corrected chi connectivity index (χ2v) is 9.30. The Hall–Kier alpha value is -4.98. The normalized spacial score (nSPS) is 12.7. The predicted molar refractivity (Wildman–Crippen MR) is 147 cm³/mol. The Bertz CT molecular complexity index is 1640. The minimum absolute atomic E-state index is 0.245. The van der Waals surface area contributed by atoms with E-state index in [0.717, 1.165) is 33.3 Å². The molecule has 8 nitrogen and oxygen atoms in total. The Morgan fingerprint density at radius 3 is 2.11 bits per heavy atom. The molecule has 0 atom stereocenters. The molecule has 4 aromatic carbocycles. The topological polar surface area (TPSA) is 91.6 Å². The van der Waals surface area contributed by atoms with Crippen LogP contribution in [0, 0.1) is 0 Å². The van der Waals surface area contributed by atoms with Crippen molar-refractivity contribution in [3.63, 3.8) is 0 Å². The van der Waals surface area contributed by atoms with Gasteiger partial charge in [0.05, 0.1) is 0 Å². The van der Waals surface area contributed by atoms with Crippen molar-refractivity contribution in [2.45, 2.75) is 0 Å². The molecule has 0 radical (unpaired) electrons. The van der Waals surface area contributed by atoms with Crippen LogP contribution < -0.4 is 10.2 Å². The summed E-state index contributed by atoms with van der Waals surface area (Å²) in [6.45, 7) is 0.658. The molecule has 5 aromatic rings. The molecule has 0 saturated carbocycles. The summed E-state index contributed by atoms with van der Waals surface area (Å²) in [6, 6.07) is 26.6. The van der Waals surface area contributed by atoms with E-state index in [4.69, 9.17) is 4.42 Å². The molecule has 8 heteroatoms. The van der Waals surface area contributed by atoms with Gasteiger partial charge in [0.25, 0.3) is 11.8 Å². The van der Waals surface area contributed by atoms with Crippen LogP contribution in [-0.4, -0.2) is 54.1 Å². The van der Waals surface area contributed by atoms with Gasteiger partial charge in [0, 0.05) is 71.6 Å². The highest BCUT2D eigenvalue weighted by molar-refractivity contribution is 6.26. The van der Waals surface area contributed by atoms with Gasteiger partial charge in [0.2, 0.25) is 11.8 Å². The third kappa shape index (κ3) is 4.06. The summed E-state index contributed by atoms with van der Waals surface area (Å²) in [4.78, 5) is 29.9. The van der Waals surface area contributed by atoms with E-state index in [0.29, 0.717) is 29.5 Å². The van der Waals surface area contributed by atoms with Crippen LogP contribution in [0.1, 0.15) is 20.7 Å². The smallest absolute Gasteiger partial charge is 0.261 e. The molecule has 0 bridgehead atoms. The standard InChI is InChI=1S/C30H25N5O3/c1-34(2)25-16-15-24-26-22(25)9-6-10-23(26)29(36)35(30(24)37)18-17-31-21-13-11-20(12-14-21)28-33-32-27(38-28)19-7-4-3-5-8-19/h3-16,31H,17-18H2,1-2H3. The fraction of sp³-hybridized carbons (Fsp3) is 0.133.